The first-order chi connectivity index (χ1) is 7.85. The molecule has 0 spiro atoms. The summed E-state index contributed by atoms with van der Waals surface area (Å²) in [5.74, 6) is 1.04. The standard InChI is InChI=1S/C14H19NO/c1-3-12-9-10-13(16-2)14(15-12)11-7-5-4-6-8-11/h4-8,10,12,14-15H,3,9H2,1-2H3/t12-,14+/m1/s1. The molecule has 0 saturated carbocycles. The molecule has 1 N–H and O–H groups in total. The molecule has 2 heteroatoms. The highest BCUT2D eigenvalue weighted by atomic mass is 16.5. The summed E-state index contributed by atoms with van der Waals surface area (Å²) in [6, 6.07) is 11.2. The van der Waals surface area contributed by atoms with Crippen LogP contribution < -0.4 is 5.32 Å². The second kappa shape index (κ2) is 5.17. The Morgan fingerprint density at radius 2 is 2.06 bits per heavy atom. The molecule has 1 heterocycles. The fourth-order valence-electron chi connectivity index (χ4n) is 2.15. The molecule has 2 nitrogen and oxygen atoms in total. The summed E-state index contributed by atoms with van der Waals surface area (Å²) in [6.45, 7) is 2.21. The number of methoxy groups -OCH3 is 1. The number of nitrogens with one attached hydrogen (secondary N) is 1. The third-order valence-electron chi connectivity index (χ3n) is 3.15. The molecule has 86 valence electrons. The van der Waals surface area contributed by atoms with Crippen molar-refractivity contribution in [3.05, 3.63) is 47.7 Å². The molecule has 2 atom stereocenters. The zero-order valence-corrected chi connectivity index (χ0v) is 9.94. The normalized spacial score (nSPS) is 25.0. The number of rotatable bonds is 3. The van der Waals surface area contributed by atoms with E-state index in [0.29, 0.717) is 6.04 Å². The van der Waals surface area contributed by atoms with Gasteiger partial charge in [-0.25, -0.2) is 0 Å². The van der Waals surface area contributed by atoms with Crippen molar-refractivity contribution in [1.82, 2.24) is 5.32 Å². The average molecular weight is 217 g/mol. The van der Waals surface area contributed by atoms with Gasteiger partial charge >= 0.3 is 0 Å². The van der Waals surface area contributed by atoms with Crippen LogP contribution in [-0.4, -0.2) is 13.2 Å². The van der Waals surface area contributed by atoms with E-state index in [-0.39, 0.29) is 6.04 Å². The Labute approximate surface area is 97.3 Å². The van der Waals surface area contributed by atoms with Crippen LogP contribution >= 0.6 is 0 Å². The molecule has 2 rings (SSSR count). The van der Waals surface area contributed by atoms with E-state index in [4.69, 9.17) is 4.74 Å². The van der Waals surface area contributed by atoms with Crippen LogP contribution in [0.2, 0.25) is 0 Å². The Hall–Kier alpha value is -1.28. The van der Waals surface area contributed by atoms with E-state index in [0.717, 1.165) is 18.6 Å². The lowest BCUT2D eigenvalue weighted by molar-refractivity contribution is 0.228. The van der Waals surface area contributed by atoms with Crippen LogP contribution in [-0.2, 0) is 4.74 Å². The Bertz CT molecular complexity index is 358. The summed E-state index contributed by atoms with van der Waals surface area (Å²) in [6.07, 6.45) is 4.42. The Morgan fingerprint density at radius 3 is 2.69 bits per heavy atom. The molecule has 0 amide bonds. The molecule has 0 unspecified atom stereocenters. The Morgan fingerprint density at radius 1 is 1.31 bits per heavy atom. The van der Waals surface area contributed by atoms with Crippen LogP contribution in [0.3, 0.4) is 0 Å². The molecule has 1 aliphatic rings. The fourth-order valence-corrected chi connectivity index (χ4v) is 2.15. The quantitative estimate of drug-likeness (QED) is 0.840. The van der Waals surface area contributed by atoms with Crippen molar-refractivity contribution in [2.24, 2.45) is 0 Å². The van der Waals surface area contributed by atoms with Crippen molar-refractivity contribution < 1.29 is 4.74 Å². The minimum atomic E-state index is 0.213. The van der Waals surface area contributed by atoms with Gasteiger partial charge in [-0.2, -0.15) is 0 Å². The molecule has 0 aromatic heterocycles. The van der Waals surface area contributed by atoms with E-state index >= 15 is 0 Å². The molecule has 0 saturated heterocycles. The first-order valence-corrected chi connectivity index (χ1v) is 5.90. The number of hydrogen-bond acceptors (Lipinski definition) is 2. The molecule has 1 aromatic carbocycles. The lowest BCUT2D eigenvalue weighted by atomic mass is 9.97. The van der Waals surface area contributed by atoms with Gasteiger partial charge in [-0.3, -0.25) is 0 Å². The zero-order chi connectivity index (χ0) is 11.4. The molecule has 1 aromatic rings. The Balaban J connectivity index is 2.24. The van der Waals surface area contributed by atoms with E-state index in [2.05, 4.69) is 42.6 Å². The number of ether oxygens (including phenoxy) is 1. The van der Waals surface area contributed by atoms with Gasteiger partial charge in [0.25, 0.3) is 0 Å². The second-order valence-corrected chi connectivity index (χ2v) is 4.16. The van der Waals surface area contributed by atoms with Gasteiger partial charge in [-0.15, -0.1) is 0 Å². The van der Waals surface area contributed by atoms with Crippen LogP contribution in [0.15, 0.2) is 42.2 Å². The summed E-state index contributed by atoms with van der Waals surface area (Å²) in [5.41, 5.74) is 1.27. The minimum absolute atomic E-state index is 0.213. The largest absolute Gasteiger partial charge is 0.499 e. The monoisotopic (exact) mass is 217 g/mol. The molecule has 0 fully saturated rings. The molecule has 0 aliphatic carbocycles. The van der Waals surface area contributed by atoms with Crippen molar-refractivity contribution in [2.45, 2.75) is 31.8 Å². The van der Waals surface area contributed by atoms with Gasteiger partial charge in [0.1, 0.15) is 5.76 Å². The molecule has 0 radical (unpaired) electrons. The van der Waals surface area contributed by atoms with E-state index in [1.54, 1.807) is 7.11 Å². The van der Waals surface area contributed by atoms with Crippen LogP contribution in [0.25, 0.3) is 0 Å². The lowest BCUT2D eigenvalue weighted by Crippen LogP contribution is -2.36. The second-order valence-electron chi connectivity index (χ2n) is 4.16. The first-order valence-electron chi connectivity index (χ1n) is 5.90. The van der Waals surface area contributed by atoms with Crippen LogP contribution in [0, 0.1) is 0 Å². The number of hydrogen-bond donors (Lipinski definition) is 1. The number of benzene rings is 1. The van der Waals surface area contributed by atoms with Crippen LogP contribution in [0.4, 0.5) is 0 Å². The highest BCUT2D eigenvalue weighted by Crippen LogP contribution is 2.27. The van der Waals surface area contributed by atoms with Gasteiger partial charge < -0.3 is 10.1 Å². The van der Waals surface area contributed by atoms with E-state index in [9.17, 15) is 0 Å². The zero-order valence-electron chi connectivity index (χ0n) is 9.94. The van der Waals surface area contributed by atoms with Crippen molar-refractivity contribution >= 4 is 0 Å². The van der Waals surface area contributed by atoms with Crippen molar-refractivity contribution in [3.63, 3.8) is 0 Å². The predicted octanol–water partition coefficient (Wildman–Crippen LogP) is 3.03. The summed E-state index contributed by atoms with van der Waals surface area (Å²) in [4.78, 5) is 0. The summed E-state index contributed by atoms with van der Waals surface area (Å²) < 4.78 is 5.45. The van der Waals surface area contributed by atoms with Crippen molar-refractivity contribution in [2.75, 3.05) is 7.11 Å². The predicted molar refractivity (Wildman–Crippen MR) is 66.1 cm³/mol. The highest BCUT2D eigenvalue weighted by molar-refractivity contribution is 5.27. The maximum atomic E-state index is 5.45. The lowest BCUT2D eigenvalue weighted by Gasteiger charge is -2.30. The third-order valence-corrected chi connectivity index (χ3v) is 3.15. The highest BCUT2D eigenvalue weighted by Gasteiger charge is 2.24. The SMILES string of the molecule is CC[C@@H]1CC=C(OC)[C@H](c2ccccc2)N1. The smallest absolute Gasteiger partial charge is 0.113 e. The molecular weight excluding hydrogens is 198 g/mol. The van der Waals surface area contributed by atoms with Crippen molar-refractivity contribution in [1.29, 1.82) is 0 Å². The molecule has 16 heavy (non-hydrogen) atoms. The van der Waals surface area contributed by atoms with Gasteiger partial charge in [-0.05, 0) is 24.5 Å². The summed E-state index contributed by atoms with van der Waals surface area (Å²) in [5, 5.41) is 3.63. The van der Waals surface area contributed by atoms with Crippen LogP contribution in [0.1, 0.15) is 31.4 Å². The maximum absolute atomic E-state index is 5.45. The van der Waals surface area contributed by atoms with Crippen LogP contribution in [0.5, 0.6) is 0 Å². The topological polar surface area (TPSA) is 21.3 Å². The Kier molecular flexibility index (Phi) is 3.62. The summed E-state index contributed by atoms with van der Waals surface area (Å²) >= 11 is 0. The van der Waals surface area contributed by atoms with Gasteiger partial charge in [0.05, 0.1) is 13.2 Å². The van der Waals surface area contributed by atoms with E-state index < -0.39 is 0 Å². The van der Waals surface area contributed by atoms with E-state index in [1.165, 1.54) is 5.56 Å². The van der Waals surface area contributed by atoms with Gasteiger partial charge in [0.15, 0.2) is 0 Å². The fraction of sp³-hybridized carbons (Fsp3) is 0.429. The average Bonchev–Trinajstić information content (AvgIpc) is 2.39. The van der Waals surface area contributed by atoms with Gasteiger partial charge in [0.2, 0.25) is 0 Å². The third kappa shape index (κ3) is 2.27. The summed E-state index contributed by atoms with van der Waals surface area (Å²) in [7, 11) is 1.75. The first kappa shape index (κ1) is 11.2. The van der Waals surface area contributed by atoms with Gasteiger partial charge in [0, 0.05) is 6.04 Å². The molecule has 1 aliphatic heterocycles. The van der Waals surface area contributed by atoms with Gasteiger partial charge in [-0.1, -0.05) is 37.3 Å². The maximum Gasteiger partial charge on any atom is 0.113 e. The minimum Gasteiger partial charge on any atom is -0.499 e. The molecular formula is C14H19NO. The molecule has 0 bridgehead atoms. The van der Waals surface area contributed by atoms with E-state index in [1.807, 2.05) is 6.07 Å². The van der Waals surface area contributed by atoms with Crippen molar-refractivity contribution in [3.8, 4) is 0 Å².